The van der Waals surface area contributed by atoms with Gasteiger partial charge < -0.3 is 14.9 Å². The number of pyridine rings is 1. The highest BCUT2D eigenvalue weighted by Crippen LogP contribution is 2.10. The third-order valence-corrected chi connectivity index (χ3v) is 2.17. The molecule has 0 aliphatic heterocycles. The van der Waals surface area contributed by atoms with Crippen molar-refractivity contribution in [2.24, 2.45) is 0 Å². The van der Waals surface area contributed by atoms with Crippen LogP contribution in [0.3, 0.4) is 0 Å². The Morgan fingerprint density at radius 1 is 1.47 bits per heavy atom. The summed E-state index contributed by atoms with van der Waals surface area (Å²) in [5.74, 6) is 0.499. The minimum atomic E-state index is -0.530. The first-order valence-corrected chi connectivity index (χ1v) is 4.86. The Morgan fingerprint density at radius 2 is 2.29 bits per heavy atom. The van der Waals surface area contributed by atoms with E-state index in [-0.39, 0.29) is 5.82 Å². The fourth-order valence-electron chi connectivity index (χ4n) is 1.33. The number of nitro groups is 1. The third kappa shape index (κ3) is 2.57. The quantitative estimate of drug-likeness (QED) is 0.587. The summed E-state index contributed by atoms with van der Waals surface area (Å²) < 4.78 is 6.45. The van der Waals surface area contributed by atoms with Gasteiger partial charge in [0.2, 0.25) is 0 Å². The van der Waals surface area contributed by atoms with Crippen molar-refractivity contribution in [1.82, 2.24) is 14.8 Å². The molecule has 0 saturated carbocycles. The molecular formula is C10H10N4O3. The van der Waals surface area contributed by atoms with Crippen molar-refractivity contribution >= 4 is 5.82 Å². The van der Waals surface area contributed by atoms with E-state index < -0.39 is 4.92 Å². The number of aromatic nitrogens is 3. The van der Waals surface area contributed by atoms with E-state index in [4.69, 9.17) is 4.74 Å². The SMILES string of the molecule is COc1ccc(Cn2ccc([N+](=O)[O-])n2)nc1. The van der Waals surface area contributed by atoms with Crippen molar-refractivity contribution in [3.63, 3.8) is 0 Å². The second kappa shape index (κ2) is 4.60. The van der Waals surface area contributed by atoms with E-state index in [1.54, 1.807) is 31.6 Å². The zero-order valence-corrected chi connectivity index (χ0v) is 9.11. The number of hydrogen-bond donors (Lipinski definition) is 0. The van der Waals surface area contributed by atoms with Crippen molar-refractivity contribution in [1.29, 1.82) is 0 Å². The average molecular weight is 234 g/mol. The monoisotopic (exact) mass is 234 g/mol. The van der Waals surface area contributed by atoms with E-state index in [0.717, 1.165) is 5.69 Å². The molecule has 2 rings (SSSR count). The number of hydrogen-bond acceptors (Lipinski definition) is 5. The largest absolute Gasteiger partial charge is 0.495 e. The van der Waals surface area contributed by atoms with Crippen LogP contribution in [0.15, 0.2) is 30.6 Å². The van der Waals surface area contributed by atoms with Crippen LogP contribution in [0.2, 0.25) is 0 Å². The molecule has 0 unspecified atom stereocenters. The fourth-order valence-corrected chi connectivity index (χ4v) is 1.33. The summed E-state index contributed by atoms with van der Waals surface area (Å²) in [6, 6.07) is 4.91. The predicted octanol–water partition coefficient (Wildman–Crippen LogP) is 1.24. The van der Waals surface area contributed by atoms with E-state index in [0.29, 0.717) is 12.3 Å². The number of ether oxygens (including phenoxy) is 1. The van der Waals surface area contributed by atoms with Gasteiger partial charge in [-0.05, 0) is 17.1 Å². The smallest absolute Gasteiger partial charge is 0.389 e. The maximum atomic E-state index is 10.4. The van der Waals surface area contributed by atoms with Gasteiger partial charge in [0, 0.05) is 0 Å². The van der Waals surface area contributed by atoms with E-state index in [1.807, 2.05) is 0 Å². The standard InChI is InChI=1S/C10H10N4O3/c1-17-9-3-2-8(11-6-9)7-13-5-4-10(12-13)14(15)16/h2-6H,7H2,1H3. The first-order valence-electron chi connectivity index (χ1n) is 4.86. The highest BCUT2D eigenvalue weighted by Gasteiger charge is 2.11. The number of nitrogens with zero attached hydrogens (tertiary/aromatic N) is 4. The summed E-state index contributed by atoms with van der Waals surface area (Å²) in [7, 11) is 1.56. The number of rotatable bonds is 4. The molecule has 2 aromatic heterocycles. The van der Waals surface area contributed by atoms with Crippen LogP contribution in [0.1, 0.15) is 5.69 Å². The Kier molecular flexibility index (Phi) is 2.99. The zero-order valence-electron chi connectivity index (χ0n) is 9.11. The molecule has 7 heteroatoms. The molecule has 88 valence electrons. The average Bonchev–Trinajstić information content (AvgIpc) is 2.79. The van der Waals surface area contributed by atoms with Crippen LogP contribution in [0.25, 0.3) is 0 Å². The molecule has 7 nitrogen and oxygen atoms in total. The molecule has 0 aliphatic rings. The molecule has 0 saturated heterocycles. The van der Waals surface area contributed by atoms with Gasteiger partial charge in [-0.15, -0.1) is 0 Å². The van der Waals surface area contributed by atoms with Gasteiger partial charge in [-0.3, -0.25) is 4.98 Å². The molecule has 0 N–H and O–H groups in total. The van der Waals surface area contributed by atoms with Crippen molar-refractivity contribution in [3.05, 3.63) is 46.4 Å². The van der Waals surface area contributed by atoms with Gasteiger partial charge in [0.25, 0.3) is 0 Å². The van der Waals surface area contributed by atoms with Crippen LogP contribution in [0, 0.1) is 10.1 Å². The lowest BCUT2D eigenvalue weighted by Crippen LogP contribution is -2.03. The second-order valence-electron chi connectivity index (χ2n) is 3.32. The first-order chi connectivity index (χ1) is 8.19. The third-order valence-electron chi connectivity index (χ3n) is 2.17. The van der Waals surface area contributed by atoms with Gasteiger partial charge in [0.1, 0.15) is 12.3 Å². The lowest BCUT2D eigenvalue weighted by molar-refractivity contribution is -0.389. The van der Waals surface area contributed by atoms with E-state index in [2.05, 4.69) is 10.1 Å². The molecule has 17 heavy (non-hydrogen) atoms. The van der Waals surface area contributed by atoms with Crippen molar-refractivity contribution in [2.45, 2.75) is 6.54 Å². The molecule has 0 bridgehead atoms. The van der Waals surface area contributed by atoms with Crippen molar-refractivity contribution in [2.75, 3.05) is 7.11 Å². The van der Waals surface area contributed by atoms with Crippen LogP contribution in [0.5, 0.6) is 5.75 Å². The van der Waals surface area contributed by atoms with Gasteiger partial charge in [-0.1, -0.05) is 0 Å². The second-order valence-corrected chi connectivity index (χ2v) is 3.32. The van der Waals surface area contributed by atoms with Crippen molar-refractivity contribution in [3.8, 4) is 5.75 Å². The highest BCUT2D eigenvalue weighted by atomic mass is 16.6. The molecule has 0 fully saturated rings. The minimum absolute atomic E-state index is 0.168. The Bertz CT molecular complexity index is 521. The highest BCUT2D eigenvalue weighted by molar-refractivity contribution is 5.20. The van der Waals surface area contributed by atoms with Crippen LogP contribution < -0.4 is 4.74 Å². The normalized spacial score (nSPS) is 10.2. The predicted molar refractivity (Wildman–Crippen MR) is 58.8 cm³/mol. The Labute approximate surface area is 96.8 Å². The van der Waals surface area contributed by atoms with E-state index in [1.165, 1.54) is 10.7 Å². The molecule has 0 radical (unpaired) electrons. The van der Waals surface area contributed by atoms with Crippen LogP contribution >= 0.6 is 0 Å². The summed E-state index contributed by atoms with van der Waals surface area (Å²) in [6.45, 7) is 0.387. The van der Waals surface area contributed by atoms with Crippen LogP contribution in [-0.2, 0) is 6.54 Å². The molecule has 0 aromatic carbocycles. The van der Waals surface area contributed by atoms with Crippen molar-refractivity contribution < 1.29 is 9.66 Å². The molecular weight excluding hydrogens is 224 g/mol. The summed E-state index contributed by atoms with van der Waals surface area (Å²) in [5.41, 5.74) is 0.754. The Hall–Kier alpha value is -2.44. The van der Waals surface area contributed by atoms with Crippen LogP contribution in [-0.4, -0.2) is 26.8 Å². The maximum absolute atomic E-state index is 10.4. The molecule has 2 aromatic rings. The summed E-state index contributed by atoms with van der Waals surface area (Å²) >= 11 is 0. The number of methoxy groups -OCH3 is 1. The van der Waals surface area contributed by atoms with Gasteiger partial charge >= 0.3 is 5.82 Å². The summed E-state index contributed by atoms with van der Waals surface area (Å²) in [4.78, 5) is 14.1. The molecule has 0 atom stereocenters. The van der Waals surface area contributed by atoms with Crippen LogP contribution in [0.4, 0.5) is 5.82 Å². The van der Waals surface area contributed by atoms with E-state index in [9.17, 15) is 10.1 Å². The fraction of sp³-hybridized carbons (Fsp3) is 0.200. The van der Waals surface area contributed by atoms with Gasteiger partial charge in [-0.2, -0.15) is 4.68 Å². The first kappa shape index (κ1) is 11.1. The van der Waals surface area contributed by atoms with Gasteiger partial charge in [0.15, 0.2) is 0 Å². The van der Waals surface area contributed by atoms with E-state index >= 15 is 0 Å². The zero-order chi connectivity index (χ0) is 12.3. The topological polar surface area (TPSA) is 83.1 Å². The molecule has 0 spiro atoms. The minimum Gasteiger partial charge on any atom is -0.495 e. The lowest BCUT2D eigenvalue weighted by Gasteiger charge is -2.00. The molecule has 0 aliphatic carbocycles. The van der Waals surface area contributed by atoms with Gasteiger partial charge in [0.05, 0.1) is 36.4 Å². The van der Waals surface area contributed by atoms with Gasteiger partial charge in [-0.25, -0.2) is 0 Å². The maximum Gasteiger partial charge on any atom is 0.389 e. The Morgan fingerprint density at radius 3 is 2.82 bits per heavy atom. The molecule has 2 heterocycles. The lowest BCUT2D eigenvalue weighted by atomic mass is 10.3. The molecule has 0 amide bonds. The summed E-state index contributed by atoms with van der Waals surface area (Å²) in [5, 5.41) is 14.2. The summed E-state index contributed by atoms with van der Waals surface area (Å²) in [6.07, 6.45) is 3.14. The Balaban J connectivity index is 2.11.